The predicted octanol–water partition coefficient (Wildman–Crippen LogP) is -0.663. The highest BCUT2D eigenvalue weighted by atomic mass is 16.4. The Morgan fingerprint density at radius 3 is 2.64 bits per heavy atom. The second-order valence-corrected chi connectivity index (χ2v) is 2.50. The first-order valence-corrected chi connectivity index (χ1v) is 3.13. The van der Waals surface area contributed by atoms with Crippen molar-refractivity contribution in [1.29, 1.82) is 5.26 Å². The van der Waals surface area contributed by atoms with Gasteiger partial charge in [0.15, 0.2) is 11.8 Å². The summed E-state index contributed by atoms with van der Waals surface area (Å²) in [5.74, 6) is 0. The summed E-state index contributed by atoms with van der Waals surface area (Å²) in [5.41, 5.74) is 0.319. The first kappa shape index (κ1) is 8.02. The predicted molar refractivity (Wildman–Crippen MR) is 39.2 cm³/mol. The van der Waals surface area contributed by atoms with Crippen LogP contribution in [0, 0.1) is 11.3 Å². The Balaban J connectivity index is 2.98. The Hall–Kier alpha value is -1.09. The Labute approximate surface area is 65.0 Å². The molecular formula is C6H8BN2O2+. The summed E-state index contributed by atoms with van der Waals surface area (Å²) >= 11 is 0. The molecule has 2 N–H and O–H groups in total. The number of nitrogens with zero attached hydrogens (tertiary/aromatic N) is 2. The van der Waals surface area contributed by atoms with Crippen molar-refractivity contribution in [3.63, 3.8) is 0 Å². The molecular weight excluding hydrogens is 143 g/mol. The number of allylic oxidation sites excluding steroid dienone is 3. The van der Waals surface area contributed by atoms with Crippen LogP contribution in [0.2, 0.25) is 0 Å². The maximum Gasteiger partial charge on any atom is 0.764 e. The largest absolute Gasteiger partial charge is 0.764 e. The minimum absolute atomic E-state index is 0.253. The van der Waals surface area contributed by atoms with Crippen molar-refractivity contribution >= 4 is 7.25 Å². The van der Waals surface area contributed by atoms with Crippen LogP contribution in [0.3, 0.4) is 0 Å². The number of quaternary nitrogens is 1. The molecule has 1 heterocycles. The maximum absolute atomic E-state index is 8.90. The van der Waals surface area contributed by atoms with Crippen molar-refractivity contribution in [3.05, 3.63) is 24.0 Å². The number of rotatable bonds is 1. The zero-order valence-electron chi connectivity index (χ0n) is 6.10. The van der Waals surface area contributed by atoms with Crippen LogP contribution in [0.4, 0.5) is 0 Å². The summed E-state index contributed by atoms with van der Waals surface area (Å²) < 4.78 is -0.253. The average molecular weight is 151 g/mol. The minimum Gasteiger partial charge on any atom is -0.369 e. The van der Waals surface area contributed by atoms with Crippen LogP contribution in [0.5, 0.6) is 0 Å². The van der Waals surface area contributed by atoms with E-state index in [0.717, 1.165) is 0 Å². The van der Waals surface area contributed by atoms with E-state index in [0.29, 0.717) is 5.70 Å². The molecule has 11 heavy (non-hydrogen) atoms. The van der Waals surface area contributed by atoms with Crippen LogP contribution < -0.4 is 0 Å². The molecule has 1 aliphatic heterocycles. The van der Waals surface area contributed by atoms with Gasteiger partial charge in [-0.15, -0.1) is 0 Å². The lowest BCUT2D eigenvalue weighted by atomic mass is 10.0. The van der Waals surface area contributed by atoms with Gasteiger partial charge in [-0.05, 0) is 6.08 Å². The number of hydrogen-bond acceptors (Lipinski definition) is 3. The molecule has 4 nitrogen and oxygen atoms in total. The Morgan fingerprint density at radius 2 is 2.27 bits per heavy atom. The molecule has 0 amide bonds. The van der Waals surface area contributed by atoms with Gasteiger partial charge in [0.25, 0.3) is 0 Å². The zero-order chi connectivity index (χ0) is 8.48. The van der Waals surface area contributed by atoms with Gasteiger partial charge in [-0.1, -0.05) is 0 Å². The Morgan fingerprint density at radius 1 is 1.64 bits per heavy atom. The third-order valence-electron chi connectivity index (χ3n) is 1.76. The number of hydrogen-bond donors (Lipinski definition) is 2. The highest BCUT2D eigenvalue weighted by Crippen LogP contribution is 2.20. The second-order valence-electron chi connectivity index (χ2n) is 2.50. The molecule has 1 atom stereocenters. The van der Waals surface area contributed by atoms with Crippen LogP contribution in [0.15, 0.2) is 24.0 Å². The van der Waals surface area contributed by atoms with Crippen LogP contribution >= 0.6 is 0 Å². The number of nitriles is 1. The van der Waals surface area contributed by atoms with Crippen molar-refractivity contribution in [1.82, 2.24) is 0 Å². The standard InChI is InChI=1S/C6H8BN2O2/c1-9(7(10)11)4-2-3-6(9)5-8/h2-4,10-11H,1H3/q+1. The second kappa shape index (κ2) is 2.51. The Kier molecular flexibility index (Phi) is 1.83. The molecule has 0 fully saturated rings. The lowest BCUT2D eigenvalue weighted by Crippen LogP contribution is -2.49. The summed E-state index contributed by atoms with van der Waals surface area (Å²) in [6.07, 6.45) is 4.72. The zero-order valence-corrected chi connectivity index (χ0v) is 6.10. The average Bonchev–Trinajstić information content (AvgIpc) is 2.32. The summed E-state index contributed by atoms with van der Waals surface area (Å²) in [6, 6.07) is 1.89. The lowest BCUT2D eigenvalue weighted by Gasteiger charge is -2.23. The van der Waals surface area contributed by atoms with E-state index in [2.05, 4.69) is 0 Å². The van der Waals surface area contributed by atoms with Crippen LogP contribution in [-0.2, 0) is 0 Å². The molecule has 0 saturated heterocycles. The van der Waals surface area contributed by atoms with Crippen LogP contribution in [0.25, 0.3) is 0 Å². The fraction of sp³-hybridized carbons (Fsp3) is 0.167. The van der Waals surface area contributed by atoms with E-state index in [9.17, 15) is 0 Å². The molecule has 0 radical (unpaired) electrons. The van der Waals surface area contributed by atoms with Gasteiger partial charge in [-0.2, -0.15) is 5.26 Å². The van der Waals surface area contributed by atoms with Gasteiger partial charge in [0, 0.05) is 6.08 Å². The molecule has 0 bridgehead atoms. The SMILES string of the molecule is C[N+]1(B(O)O)C=CC=C1C#N. The van der Waals surface area contributed by atoms with E-state index in [-0.39, 0.29) is 4.39 Å². The van der Waals surface area contributed by atoms with Gasteiger partial charge in [0.05, 0.1) is 13.2 Å². The molecule has 5 heteroatoms. The van der Waals surface area contributed by atoms with Crippen molar-refractivity contribution in [2.45, 2.75) is 0 Å². The van der Waals surface area contributed by atoms with Crippen molar-refractivity contribution in [3.8, 4) is 6.07 Å². The van der Waals surface area contributed by atoms with Gasteiger partial charge < -0.3 is 10.0 Å². The molecule has 0 saturated carbocycles. The lowest BCUT2D eigenvalue weighted by molar-refractivity contribution is -0.718. The first-order valence-electron chi connectivity index (χ1n) is 3.13. The van der Waals surface area contributed by atoms with Gasteiger partial charge in [-0.3, -0.25) is 4.39 Å². The molecule has 0 aromatic carbocycles. The van der Waals surface area contributed by atoms with Crippen molar-refractivity contribution < 1.29 is 14.4 Å². The van der Waals surface area contributed by atoms with Gasteiger partial charge in [0.2, 0.25) is 0 Å². The van der Waals surface area contributed by atoms with Crippen molar-refractivity contribution in [2.75, 3.05) is 7.05 Å². The summed E-state index contributed by atoms with van der Waals surface area (Å²) in [7, 11) is -0.0249. The highest BCUT2D eigenvalue weighted by Gasteiger charge is 2.43. The smallest absolute Gasteiger partial charge is 0.369 e. The summed E-state index contributed by atoms with van der Waals surface area (Å²) in [6.45, 7) is 0. The molecule has 0 aromatic heterocycles. The van der Waals surface area contributed by atoms with E-state index in [1.807, 2.05) is 6.07 Å². The van der Waals surface area contributed by atoms with E-state index >= 15 is 0 Å². The fourth-order valence-corrected chi connectivity index (χ4v) is 0.900. The van der Waals surface area contributed by atoms with Crippen LogP contribution in [-0.4, -0.2) is 28.7 Å². The van der Waals surface area contributed by atoms with Gasteiger partial charge in [0.1, 0.15) is 0 Å². The van der Waals surface area contributed by atoms with E-state index in [1.54, 1.807) is 25.4 Å². The quantitative estimate of drug-likeness (QED) is 0.488. The fourth-order valence-electron chi connectivity index (χ4n) is 0.900. The maximum atomic E-state index is 8.90. The summed E-state index contributed by atoms with van der Waals surface area (Å²) in [5, 5.41) is 26.3. The third kappa shape index (κ3) is 1.07. The molecule has 0 aliphatic carbocycles. The molecule has 0 spiro atoms. The normalized spacial score (nSPS) is 28.0. The molecule has 1 unspecified atom stereocenters. The van der Waals surface area contributed by atoms with Gasteiger partial charge in [-0.25, -0.2) is 0 Å². The Bertz CT molecular complexity index is 266. The van der Waals surface area contributed by atoms with Gasteiger partial charge >= 0.3 is 7.25 Å². The molecule has 0 aromatic rings. The molecule has 1 aliphatic rings. The minimum atomic E-state index is -1.57. The summed E-state index contributed by atoms with van der Waals surface area (Å²) in [4.78, 5) is 0. The first-order chi connectivity index (χ1) is 5.11. The highest BCUT2D eigenvalue weighted by molar-refractivity contribution is 6.32. The molecule has 1 rings (SSSR count). The third-order valence-corrected chi connectivity index (χ3v) is 1.76. The van der Waals surface area contributed by atoms with E-state index in [4.69, 9.17) is 15.3 Å². The van der Waals surface area contributed by atoms with Crippen molar-refractivity contribution in [2.24, 2.45) is 0 Å². The molecule has 56 valence electrons. The van der Waals surface area contributed by atoms with Crippen LogP contribution in [0.1, 0.15) is 0 Å². The monoisotopic (exact) mass is 151 g/mol. The van der Waals surface area contributed by atoms with E-state index < -0.39 is 7.25 Å². The topological polar surface area (TPSA) is 64.2 Å². The van der Waals surface area contributed by atoms with E-state index in [1.165, 1.54) is 0 Å².